The summed E-state index contributed by atoms with van der Waals surface area (Å²) in [5, 5.41) is 8.35. The van der Waals surface area contributed by atoms with Crippen LogP contribution in [0.15, 0.2) is 28.7 Å². The zero-order chi connectivity index (χ0) is 13.1. The minimum absolute atomic E-state index is 0.358. The summed E-state index contributed by atoms with van der Waals surface area (Å²) >= 11 is 9.45. The predicted molar refractivity (Wildman–Crippen MR) is 76.9 cm³/mol. The molecule has 0 spiro atoms. The first-order valence-electron chi connectivity index (χ1n) is 5.85. The van der Waals surface area contributed by atoms with Crippen molar-refractivity contribution in [2.45, 2.75) is 32.2 Å². The molecule has 0 aliphatic heterocycles. The van der Waals surface area contributed by atoms with Gasteiger partial charge in [0.2, 0.25) is 0 Å². The molecule has 1 aromatic heterocycles. The smallest absolute Gasteiger partial charge is 0.101 e. The van der Waals surface area contributed by atoms with Gasteiger partial charge in [-0.2, -0.15) is 0 Å². The third-order valence-electron chi connectivity index (χ3n) is 2.80. The molecule has 5 heteroatoms. The summed E-state index contributed by atoms with van der Waals surface area (Å²) in [4.78, 5) is 0. The van der Waals surface area contributed by atoms with E-state index in [-0.39, 0.29) is 0 Å². The molecule has 1 aromatic carbocycles. The van der Waals surface area contributed by atoms with Gasteiger partial charge in [0.25, 0.3) is 0 Å². The summed E-state index contributed by atoms with van der Waals surface area (Å²) in [7, 11) is 0. The van der Waals surface area contributed by atoms with Crippen molar-refractivity contribution in [1.29, 1.82) is 0 Å². The van der Waals surface area contributed by atoms with E-state index in [1.807, 2.05) is 22.9 Å². The van der Waals surface area contributed by atoms with E-state index < -0.39 is 0 Å². The number of nitrogens with zero attached hydrogens (tertiary/aromatic N) is 3. The van der Waals surface area contributed by atoms with Crippen LogP contribution in [0.5, 0.6) is 0 Å². The van der Waals surface area contributed by atoms with Gasteiger partial charge in [-0.05, 0) is 17.5 Å². The zero-order valence-corrected chi connectivity index (χ0v) is 12.7. The lowest BCUT2D eigenvalue weighted by molar-refractivity contribution is 0.596. The normalized spacial score (nSPS) is 11.2. The lowest BCUT2D eigenvalue weighted by Gasteiger charge is -2.11. The first-order valence-corrected chi connectivity index (χ1v) is 7.18. The zero-order valence-electron chi connectivity index (χ0n) is 10.4. The van der Waals surface area contributed by atoms with Gasteiger partial charge in [-0.15, -0.1) is 16.7 Å². The highest BCUT2D eigenvalue weighted by Gasteiger charge is 2.16. The SMILES string of the molecule is CC(C)c1c(CCl)nnn1Cc1ccccc1Br. The second kappa shape index (κ2) is 5.85. The van der Waals surface area contributed by atoms with E-state index in [0.717, 1.165) is 15.9 Å². The van der Waals surface area contributed by atoms with Crippen molar-refractivity contribution in [2.24, 2.45) is 0 Å². The third-order valence-corrected chi connectivity index (χ3v) is 3.83. The molecule has 0 radical (unpaired) electrons. The van der Waals surface area contributed by atoms with E-state index in [0.29, 0.717) is 18.3 Å². The minimum Gasteiger partial charge on any atom is -0.244 e. The highest BCUT2D eigenvalue weighted by atomic mass is 79.9. The number of halogens is 2. The van der Waals surface area contributed by atoms with Crippen molar-refractivity contribution in [3.05, 3.63) is 45.7 Å². The number of benzene rings is 1. The van der Waals surface area contributed by atoms with Gasteiger partial charge in [0.15, 0.2) is 0 Å². The van der Waals surface area contributed by atoms with Gasteiger partial charge in [0, 0.05) is 4.47 Å². The van der Waals surface area contributed by atoms with Gasteiger partial charge >= 0.3 is 0 Å². The Morgan fingerprint density at radius 2 is 2.06 bits per heavy atom. The van der Waals surface area contributed by atoms with Gasteiger partial charge in [-0.3, -0.25) is 0 Å². The van der Waals surface area contributed by atoms with Crippen molar-refractivity contribution in [2.75, 3.05) is 0 Å². The topological polar surface area (TPSA) is 30.7 Å². The van der Waals surface area contributed by atoms with E-state index in [9.17, 15) is 0 Å². The number of aromatic nitrogens is 3. The summed E-state index contributed by atoms with van der Waals surface area (Å²) in [6.07, 6.45) is 0. The van der Waals surface area contributed by atoms with Crippen molar-refractivity contribution in [3.8, 4) is 0 Å². The Kier molecular flexibility index (Phi) is 4.40. The summed E-state index contributed by atoms with van der Waals surface area (Å²) < 4.78 is 3.02. The molecular formula is C13H15BrClN3. The molecule has 0 aliphatic rings. The Hall–Kier alpha value is -0.870. The van der Waals surface area contributed by atoms with Crippen LogP contribution in [0.1, 0.15) is 36.7 Å². The van der Waals surface area contributed by atoms with Crippen LogP contribution in [0.3, 0.4) is 0 Å². The number of alkyl halides is 1. The Bertz CT molecular complexity index is 537. The van der Waals surface area contributed by atoms with E-state index in [2.05, 4.69) is 46.2 Å². The van der Waals surface area contributed by atoms with E-state index in [1.54, 1.807) is 0 Å². The Balaban J connectivity index is 2.35. The van der Waals surface area contributed by atoms with Crippen molar-refractivity contribution >= 4 is 27.5 Å². The van der Waals surface area contributed by atoms with Gasteiger partial charge in [0.05, 0.1) is 18.1 Å². The van der Waals surface area contributed by atoms with E-state index in [4.69, 9.17) is 11.6 Å². The average Bonchev–Trinajstić information content (AvgIpc) is 2.75. The molecule has 0 saturated carbocycles. The van der Waals surface area contributed by atoms with Gasteiger partial charge in [-0.1, -0.05) is 53.2 Å². The second-order valence-electron chi connectivity index (χ2n) is 4.46. The van der Waals surface area contributed by atoms with Crippen molar-refractivity contribution in [3.63, 3.8) is 0 Å². The first-order chi connectivity index (χ1) is 8.63. The highest BCUT2D eigenvalue weighted by Crippen LogP contribution is 2.22. The summed E-state index contributed by atoms with van der Waals surface area (Å²) in [5.41, 5.74) is 3.17. The summed E-state index contributed by atoms with van der Waals surface area (Å²) in [6.45, 7) is 4.97. The molecule has 1 heterocycles. The maximum absolute atomic E-state index is 5.90. The van der Waals surface area contributed by atoms with Crippen LogP contribution < -0.4 is 0 Å². The van der Waals surface area contributed by atoms with Gasteiger partial charge in [0.1, 0.15) is 5.69 Å². The Labute approximate surface area is 120 Å². The number of hydrogen-bond acceptors (Lipinski definition) is 2. The maximum atomic E-state index is 5.90. The molecule has 3 nitrogen and oxygen atoms in total. The fourth-order valence-corrected chi connectivity index (χ4v) is 2.59. The van der Waals surface area contributed by atoms with Gasteiger partial charge < -0.3 is 0 Å². The maximum Gasteiger partial charge on any atom is 0.101 e. The average molecular weight is 329 g/mol. The lowest BCUT2D eigenvalue weighted by Crippen LogP contribution is -2.09. The molecule has 0 N–H and O–H groups in total. The predicted octanol–water partition coefficient (Wildman–Crippen LogP) is 3.95. The molecule has 18 heavy (non-hydrogen) atoms. The van der Waals surface area contributed by atoms with Crippen molar-refractivity contribution < 1.29 is 0 Å². The second-order valence-corrected chi connectivity index (χ2v) is 5.58. The molecule has 0 amide bonds. The molecule has 2 rings (SSSR count). The molecule has 96 valence electrons. The first kappa shape index (κ1) is 13.6. The largest absolute Gasteiger partial charge is 0.244 e. The summed E-state index contributed by atoms with van der Waals surface area (Å²) in [6, 6.07) is 8.14. The number of rotatable bonds is 4. The molecule has 0 bridgehead atoms. The van der Waals surface area contributed by atoms with Crippen LogP contribution >= 0.6 is 27.5 Å². The van der Waals surface area contributed by atoms with Crippen LogP contribution in [-0.2, 0) is 12.4 Å². The Morgan fingerprint density at radius 1 is 1.33 bits per heavy atom. The van der Waals surface area contributed by atoms with Crippen LogP contribution in [0.25, 0.3) is 0 Å². The molecule has 0 saturated heterocycles. The molecule has 0 fully saturated rings. The van der Waals surface area contributed by atoms with Crippen LogP contribution in [-0.4, -0.2) is 15.0 Å². The summed E-state index contributed by atoms with van der Waals surface area (Å²) in [5.74, 6) is 0.764. The minimum atomic E-state index is 0.358. The fourth-order valence-electron chi connectivity index (χ4n) is 1.99. The molecule has 2 aromatic rings. The standard InChI is InChI=1S/C13H15BrClN3/c1-9(2)13-12(7-15)16-17-18(13)8-10-5-3-4-6-11(10)14/h3-6,9H,7-8H2,1-2H3. The Morgan fingerprint density at radius 3 is 2.67 bits per heavy atom. The number of hydrogen-bond donors (Lipinski definition) is 0. The van der Waals surface area contributed by atoms with Crippen LogP contribution in [0, 0.1) is 0 Å². The fraction of sp³-hybridized carbons (Fsp3) is 0.385. The van der Waals surface area contributed by atoms with Crippen LogP contribution in [0.2, 0.25) is 0 Å². The van der Waals surface area contributed by atoms with Crippen molar-refractivity contribution in [1.82, 2.24) is 15.0 Å². The molecule has 0 unspecified atom stereocenters. The monoisotopic (exact) mass is 327 g/mol. The van der Waals surface area contributed by atoms with Crippen LogP contribution in [0.4, 0.5) is 0 Å². The van der Waals surface area contributed by atoms with E-state index >= 15 is 0 Å². The molecule has 0 atom stereocenters. The highest BCUT2D eigenvalue weighted by molar-refractivity contribution is 9.10. The quantitative estimate of drug-likeness (QED) is 0.796. The molecule has 0 aliphatic carbocycles. The third kappa shape index (κ3) is 2.75. The van der Waals surface area contributed by atoms with E-state index in [1.165, 1.54) is 5.56 Å². The molecular weight excluding hydrogens is 314 g/mol. The lowest BCUT2D eigenvalue weighted by atomic mass is 10.1. The van der Waals surface area contributed by atoms with Gasteiger partial charge in [-0.25, -0.2) is 4.68 Å².